The molecule has 0 radical (unpaired) electrons. The van der Waals surface area contributed by atoms with Crippen LogP contribution in [0, 0.1) is 11.8 Å². The molecule has 1 heterocycles. The molecular weight excluding hydrogens is 138 g/mol. The van der Waals surface area contributed by atoms with Crippen molar-refractivity contribution >= 4 is 6.21 Å². The number of nitrogens with one attached hydrogen (secondary N) is 2. The second kappa shape index (κ2) is 4.75. The highest BCUT2D eigenvalue weighted by Crippen LogP contribution is 1.80. The van der Waals surface area contributed by atoms with E-state index in [4.69, 9.17) is 0 Å². The summed E-state index contributed by atoms with van der Waals surface area (Å²) in [6, 6.07) is 0. The van der Waals surface area contributed by atoms with Crippen molar-refractivity contribution in [3.8, 4) is 11.8 Å². The molecule has 0 aliphatic carbocycles. The molecule has 0 unspecified atom stereocenters. The van der Waals surface area contributed by atoms with E-state index in [1.807, 2.05) is 11.7 Å². The van der Waals surface area contributed by atoms with Gasteiger partial charge < -0.3 is 0 Å². The maximum absolute atomic E-state index is 3.15. The van der Waals surface area contributed by atoms with Gasteiger partial charge in [0.15, 0.2) is 13.3 Å². The first-order valence-corrected chi connectivity index (χ1v) is 3.86. The summed E-state index contributed by atoms with van der Waals surface area (Å²) in [6.07, 6.45) is 4.08. The monoisotopic (exact) mass is 152 g/mol. The summed E-state index contributed by atoms with van der Waals surface area (Å²) in [5.41, 5.74) is 3.15. The third-order valence-electron chi connectivity index (χ3n) is 1.46. The summed E-state index contributed by atoms with van der Waals surface area (Å²) in [7, 11) is 2.00. The van der Waals surface area contributed by atoms with Gasteiger partial charge in [0.25, 0.3) is 0 Å². The number of rotatable bonds is 0. The van der Waals surface area contributed by atoms with Gasteiger partial charge in [-0.05, 0) is 0 Å². The Hall–Kier alpha value is -1.01. The van der Waals surface area contributed by atoms with Crippen molar-refractivity contribution in [1.29, 1.82) is 0 Å². The van der Waals surface area contributed by atoms with Crippen molar-refractivity contribution in [3.05, 3.63) is 0 Å². The van der Waals surface area contributed by atoms with Crippen LogP contribution in [0.1, 0.15) is 12.8 Å². The lowest BCUT2D eigenvalue weighted by Crippen LogP contribution is -2.36. The SMILES string of the molecule is C[N+]1=CCCC#CCNCN1. The lowest BCUT2D eigenvalue weighted by Gasteiger charge is -2.01. The zero-order chi connectivity index (χ0) is 7.94. The van der Waals surface area contributed by atoms with Crippen molar-refractivity contribution in [3.63, 3.8) is 0 Å². The molecule has 3 nitrogen and oxygen atoms in total. The van der Waals surface area contributed by atoms with Crippen molar-refractivity contribution in [1.82, 2.24) is 10.7 Å². The summed E-state index contributed by atoms with van der Waals surface area (Å²) < 4.78 is 1.97. The van der Waals surface area contributed by atoms with E-state index >= 15 is 0 Å². The van der Waals surface area contributed by atoms with Crippen molar-refractivity contribution in [2.75, 3.05) is 20.3 Å². The zero-order valence-electron chi connectivity index (χ0n) is 6.85. The van der Waals surface area contributed by atoms with Gasteiger partial charge in [-0.25, -0.2) is 0 Å². The molecule has 0 aromatic heterocycles. The van der Waals surface area contributed by atoms with E-state index in [-0.39, 0.29) is 0 Å². The maximum atomic E-state index is 3.15. The summed E-state index contributed by atoms with van der Waals surface area (Å²) in [5, 5.41) is 3.14. The van der Waals surface area contributed by atoms with Gasteiger partial charge in [0.2, 0.25) is 0 Å². The summed E-state index contributed by atoms with van der Waals surface area (Å²) in [4.78, 5) is 0. The Morgan fingerprint density at radius 1 is 1.45 bits per heavy atom. The highest BCUT2D eigenvalue weighted by Gasteiger charge is 1.93. The maximum Gasteiger partial charge on any atom is 0.170 e. The van der Waals surface area contributed by atoms with Crippen LogP contribution >= 0.6 is 0 Å². The molecule has 1 aliphatic heterocycles. The zero-order valence-corrected chi connectivity index (χ0v) is 6.85. The highest BCUT2D eigenvalue weighted by atomic mass is 15.4. The molecule has 0 saturated heterocycles. The molecule has 0 fully saturated rings. The van der Waals surface area contributed by atoms with Crippen LogP contribution in [0.3, 0.4) is 0 Å². The van der Waals surface area contributed by atoms with Crippen molar-refractivity contribution in [2.45, 2.75) is 12.8 Å². The van der Waals surface area contributed by atoms with Crippen LogP contribution in [-0.2, 0) is 0 Å². The van der Waals surface area contributed by atoms with E-state index in [0.29, 0.717) is 0 Å². The normalized spacial score (nSPS) is 18.8. The Kier molecular flexibility index (Phi) is 3.49. The average molecular weight is 152 g/mol. The fourth-order valence-corrected chi connectivity index (χ4v) is 0.851. The van der Waals surface area contributed by atoms with Crippen LogP contribution in [-0.4, -0.2) is 31.2 Å². The molecule has 1 aliphatic rings. The fourth-order valence-electron chi connectivity index (χ4n) is 0.851. The number of hydrazone groups is 1. The van der Waals surface area contributed by atoms with E-state index in [2.05, 4.69) is 28.8 Å². The first-order valence-electron chi connectivity index (χ1n) is 3.86. The van der Waals surface area contributed by atoms with Gasteiger partial charge in [0, 0.05) is 12.8 Å². The average Bonchev–Trinajstić information content (AvgIpc) is 2.03. The standard InChI is InChI=1S/C8H14N3/c1-11-7-5-3-2-4-6-9-8-10-11/h7,9-10H,3,5-6,8H2,1H3/q+1. The minimum absolute atomic E-state index is 0.779. The second-order valence-corrected chi connectivity index (χ2v) is 2.45. The third kappa shape index (κ3) is 3.64. The number of hydrogen-bond acceptors (Lipinski definition) is 2. The Morgan fingerprint density at radius 3 is 3.27 bits per heavy atom. The van der Waals surface area contributed by atoms with Crippen LogP contribution in [0.2, 0.25) is 0 Å². The van der Waals surface area contributed by atoms with Crippen molar-refractivity contribution < 1.29 is 4.68 Å². The lowest BCUT2D eigenvalue weighted by atomic mass is 10.3. The summed E-state index contributed by atoms with van der Waals surface area (Å²) in [6.45, 7) is 1.56. The van der Waals surface area contributed by atoms with Crippen LogP contribution in [0.4, 0.5) is 0 Å². The van der Waals surface area contributed by atoms with Gasteiger partial charge in [0.1, 0.15) is 6.67 Å². The van der Waals surface area contributed by atoms with Crippen molar-refractivity contribution in [2.24, 2.45) is 0 Å². The Morgan fingerprint density at radius 2 is 2.36 bits per heavy atom. The van der Waals surface area contributed by atoms with E-state index in [1.165, 1.54) is 0 Å². The van der Waals surface area contributed by atoms with Gasteiger partial charge in [-0.2, -0.15) is 5.43 Å². The molecular formula is C8H14N3+. The molecule has 0 atom stereocenters. The predicted octanol–water partition coefficient (Wildman–Crippen LogP) is -0.452. The quantitative estimate of drug-likeness (QED) is 0.363. The number of hydrazine groups is 1. The van der Waals surface area contributed by atoms with E-state index in [0.717, 1.165) is 26.1 Å². The van der Waals surface area contributed by atoms with Gasteiger partial charge in [-0.15, -0.1) is 10.6 Å². The molecule has 0 aromatic rings. The van der Waals surface area contributed by atoms with E-state index < -0.39 is 0 Å². The third-order valence-corrected chi connectivity index (χ3v) is 1.46. The largest absolute Gasteiger partial charge is 0.285 e. The Balaban J connectivity index is 2.40. The molecule has 0 saturated carbocycles. The number of nitrogens with zero attached hydrogens (tertiary/aromatic N) is 1. The predicted molar refractivity (Wildman–Crippen MR) is 45.3 cm³/mol. The van der Waals surface area contributed by atoms with Gasteiger partial charge >= 0.3 is 0 Å². The lowest BCUT2D eigenvalue weighted by molar-refractivity contribution is -0.557. The minimum Gasteiger partial charge on any atom is -0.285 e. The van der Waals surface area contributed by atoms with Gasteiger partial charge in [-0.1, -0.05) is 5.92 Å². The first-order chi connectivity index (χ1) is 5.39. The minimum atomic E-state index is 0.779. The summed E-state index contributed by atoms with van der Waals surface area (Å²) >= 11 is 0. The summed E-state index contributed by atoms with van der Waals surface area (Å²) in [5.74, 6) is 6.11. The molecule has 0 spiro atoms. The highest BCUT2D eigenvalue weighted by molar-refractivity contribution is 5.51. The molecule has 1 rings (SSSR count). The van der Waals surface area contributed by atoms with Crippen LogP contribution in [0.15, 0.2) is 0 Å². The Bertz CT molecular complexity index is 197. The van der Waals surface area contributed by atoms with E-state index in [9.17, 15) is 0 Å². The Labute approximate surface area is 67.5 Å². The molecule has 11 heavy (non-hydrogen) atoms. The topological polar surface area (TPSA) is 27.1 Å². The number of hydrogen-bond donors (Lipinski definition) is 2. The first kappa shape index (κ1) is 8.09. The van der Waals surface area contributed by atoms with Gasteiger partial charge in [0.05, 0.1) is 6.54 Å². The smallest absolute Gasteiger partial charge is 0.170 e. The molecule has 2 N–H and O–H groups in total. The molecule has 0 amide bonds. The van der Waals surface area contributed by atoms with E-state index in [1.54, 1.807) is 0 Å². The molecule has 0 bridgehead atoms. The fraction of sp³-hybridized carbons (Fsp3) is 0.625. The van der Waals surface area contributed by atoms with Crippen LogP contribution < -0.4 is 10.7 Å². The molecule has 3 heteroatoms. The van der Waals surface area contributed by atoms with Crippen LogP contribution in [0.5, 0.6) is 0 Å². The van der Waals surface area contributed by atoms with Crippen LogP contribution in [0.25, 0.3) is 0 Å². The molecule has 0 aromatic carbocycles. The van der Waals surface area contributed by atoms with Gasteiger partial charge in [-0.3, -0.25) is 5.32 Å². The second-order valence-electron chi connectivity index (χ2n) is 2.45. The molecule has 60 valence electrons.